The molecule has 0 saturated heterocycles. The van der Waals surface area contributed by atoms with E-state index in [-0.39, 0.29) is 27.2 Å². The largest absolute Gasteiger partial charge is 0.611 e. The van der Waals surface area contributed by atoms with Gasteiger partial charge in [0.2, 0.25) is 5.75 Å². The molecule has 2 aromatic heterocycles. The fourth-order valence-corrected chi connectivity index (χ4v) is 3.61. The van der Waals surface area contributed by atoms with E-state index >= 15 is 0 Å². The van der Waals surface area contributed by atoms with Gasteiger partial charge in [-0.15, -0.1) is 0 Å². The molecule has 3 aromatic rings. The van der Waals surface area contributed by atoms with E-state index < -0.39 is 34.5 Å². The Bertz CT molecular complexity index is 1040. The van der Waals surface area contributed by atoms with Crippen LogP contribution in [0.2, 0.25) is 0 Å². The summed E-state index contributed by atoms with van der Waals surface area (Å²) in [7, 11) is 1.57. The number of halogens is 4. The van der Waals surface area contributed by atoms with Crippen LogP contribution in [0, 0.1) is 12.7 Å². The summed E-state index contributed by atoms with van der Waals surface area (Å²) in [6.45, 7) is 1.35. The first-order valence-corrected chi connectivity index (χ1v) is 8.55. The molecule has 0 N–H and O–H groups in total. The van der Waals surface area contributed by atoms with Gasteiger partial charge in [0.05, 0.1) is 11.9 Å². The number of hydrogen-bond acceptors (Lipinski definition) is 4. The highest BCUT2D eigenvalue weighted by atomic mass is 32.2. The van der Waals surface area contributed by atoms with Crippen molar-refractivity contribution >= 4 is 22.2 Å². The van der Waals surface area contributed by atoms with Crippen molar-refractivity contribution < 1.29 is 22.1 Å². The van der Waals surface area contributed by atoms with Crippen LogP contribution >= 0.6 is 0 Å². The summed E-state index contributed by atoms with van der Waals surface area (Å²) in [5.74, 6) is -2.41. The molecule has 26 heavy (non-hydrogen) atoms. The maximum atomic E-state index is 14.4. The lowest BCUT2D eigenvalue weighted by Gasteiger charge is -2.16. The molecule has 0 aliphatic carbocycles. The van der Waals surface area contributed by atoms with Gasteiger partial charge < -0.3 is 4.55 Å². The number of aryl methyl sites for hydroxylation is 2. The third-order valence-corrected chi connectivity index (χ3v) is 5.22. The summed E-state index contributed by atoms with van der Waals surface area (Å²) in [5, 5.41) is 4.01. The van der Waals surface area contributed by atoms with E-state index in [9.17, 15) is 26.9 Å². The molecule has 0 aliphatic rings. The summed E-state index contributed by atoms with van der Waals surface area (Å²) in [4.78, 5) is 16.4. The van der Waals surface area contributed by atoms with E-state index in [1.165, 1.54) is 17.8 Å². The molecular weight excluding hydrogens is 376 g/mol. The number of hydrogen-bond donors (Lipinski definition) is 0. The maximum absolute atomic E-state index is 14.4. The molecule has 6 nitrogen and oxygen atoms in total. The standard InChI is InChI=1S/C15H12F4N4O2S/c1-8-3-10(16)11(4-12(8)26(25)6-15(17,18)19)23-7-20-13-9(14(23)24)5-21-22(13)2/h3-5,7H,6H2,1-2H3. The van der Waals surface area contributed by atoms with Crippen LogP contribution in [0.1, 0.15) is 5.56 Å². The molecule has 1 unspecified atom stereocenters. The molecule has 11 heteroatoms. The number of benzene rings is 1. The van der Waals surface area contributed by atoms with Gasteiger partial charge in [-0.05, 0) is 24.2 Å². The molecule has 0 fully saturated rings. The predicted molar refractivity (Wildman–Crippen MR) is 86.1 cm³/mol. The van der Waals surface area contributed by atoms with Gasteiger partial charge in [0.1, 0.15) is 17.5 Å². The van der Waals surface area contributed by atoms with Gasteiger partial charge in [0.15, 0.2) is 10.5 Å². The first kappa shape index (κ1) is 18.4. The van der Waals surface area contributed by atoms with E-state index in [2.05, 4.69) is 10.1 Å². The molecular formula is C15H12F4N4O2S. The summed E-state index contributed by atoms with van der Waals surface area (Å²) < 4.78 is 66.2. The van der Waals surface area contributed by atoms with Crippen molar-refractivity contribution in [3.05, 3.63) is 46.4 Å². The lowest BCUT2D eigenvalue weighted by atomic mass is 10.2. The van der Waals surface area contributed by atoms with Crippen molar-refractivity contribution in [3.8, 4) is 5.69 Å². The van der Waals surface area contributed by atoms with Crippen molar-refractivity contribution in [1.29, 1.82) is 0 Å². The average Bonchev–Trinajstić information content (AvgIpc) is 2.89. The molecule has 138 valence electrons. The molecule has 1 aromatic carbocycles. The van der Waals surface area contributed by atoms with Crippen LogP contribution in [0.3, 0.4) is 0 Å². The lowest BCUT2D eigenvalue weighted by molar-refractivity contribution is -0.106. The fraction of sp³-hybridized carbons (Fsp3) is 0.267. The van der Waals surface area contributed by atoms with Gasteiger partial charge >= 0.3 is 6.18 Å². The third-order valence-electron chi connectivity index (χ3n) is 3.70. The Balaban J connectivity index is 2.15. The minimum absolute atomic E-state index is 0.0947. The van der Waals surface area contributed by atoms with Gasteiger partial charge in [-0.1, -0.05) is 0 Å². The second-order valence-corrected chi connectivity index (χ2v) is 7.02. The zero-order valence-electron chi connectivity index (χ0n) is 13.5. The number of alkyl halides is 3. The Kier molecular flexibility index (Phi) is 4.53. The minimum atomic E-state index is -4.64. The Hall–Kier alpha value is -2.40. The van der Waals surface area contributed by atoms with Crippen LogP contribution in [0.25, 0.3) is 16.7 Å². The molecule has 2 heterocycles. The Morgan fingerprint density at radius 3 is 2.65 bits per heavy atom. The average molecular weight is 388 g/mol. The maximum Gasteiger partial charge on any atom is 0.433 e. The van der Waals surface area contributed by atoms with Gasteiger partial charge in [0.25, 0.3) is 5.56 Å². The van der Waals surface area contributed by atoms with Gasteiger partial charge in [0, 0.05) is 18.7 Å². The van der Waals surface area contributed by atoms with Crippen LogP contribution in [0.15, 0.2) is 34.3 Å². The minimum Gasteiger partial charge on any atom is -0.611 e. The van der Waals surface area contributed by atoms with Crippen LogP contribution < -0.4 is 5.56 Å². The van der Waals surface area contributed by atoms with Crippen molar-refractivity contribution in [3.63, 3.8) is 0 Å². The van der Waals surface area contributed by atoms with Crippen LogP contribution in [-0.4, -0.2) is 35.8 Å². The van der Waals surface area contributed by atoms with Crippen molar-refractivity contribution in [1.82, 2.24) is 19.3 Å². The molecule has 0 spiro atoms. The fourth-order valence-electron chi connectivity index (χ4n) is 2.50. The second kappa shape index (κ2) is 6.40. The Labute approximate surface area is 147 Å². The molecule has 0 aliphatic heterocycles. The highest BCUT2D eigenvalue weighted by molar-refractivity contribution is 7.91. The summed E-state index contributed by atoms with van der Waals surface area (Å²) in [5.41, 5.74) is -0.597. The third kappa shape index (κ3) is 3.31. The van der Waals surface area contributed by atoms with Crippen LogP contribution in [-0.2, 0) is 18.2 Å². The van der Waals surface area contributed by atoms with Crippen LogP contribution in [0.5, 0.6) is 0 Å². The highest BCUT2D eigenvalue weighted by Crippen LogP contribution is 2.27. The van der Waals surface area contributed by atoms with Crippen molar-refractivity contribution in [2.75, 3.05) is 5.75 Å². The molecule has 0 saturated carbocycles. The van der Waals surface area contributed by atoms with Gasteiger partial charge in [-0.2, -0.15) is 18.3 Å². The summed E-state index contributed by atoms with van der Waals surface area (Å²) >= 11 is -2.43. The highest BCUT2D eigenvalue weighted by Gasteiger charge is 2.36. The number of rotatable bonds is 3. The number of nitrogens with zero attached hydrogens (tertiary/aromatic N) is 4. The van der Waals surface area contributed by atoms with E-state index in [1.54, 1.807) is 7.05 Å². The number of aromatic nitrogens is 4. The van der Waals surface area contributed by atoms with Crippen molar-refractivity contribution in [2.45, 2.75) is 18.0 Å². The Morgan fingerprint density at radius 2 is 2.00 bits per heavy atom. The van der Waals surface area contributed by atoms with Gasteiger partial charge in [-0.3, -0.25) is 14.0 Å². The predicted octanol–water partition coefficient (Wildman–Crippen LogP) is 2.24. The summed E-state index contributed by atoms with van der Waals surface area (Å²) in [6.07, 6.45) is -2.33. The van der Waals surface area contributed by atoms with E-state index in [0.717, 1.165) is 23.0 Å². The molecule has 0 amide bonds. The van der Waals surface area contributed by atoms with E-state index in [4.69, 9.17) is 0 Å². The first-order valence-electron chi connectivity index (χ1n) is 7.23. The van der Waals surface area contributed by atoms with Gasteiger partial charge in [-0.25, -0.2) is 9.37 Å². The second-order valence-electron chi connectivity index (χ2n) is 5.60. The zero-order chi connectivity index (χ0) is 19.2. The number of fused-ring (bicyclic) bond motifs is 1. The normalized spacial score (nSPS) is 13.3. The topological polar surface area (TPSA) is 75.8 Å². The monoisotopic (exact) mass is 388 g/mol. The zero-order valence-corrected chi connectivity index (χ0v) is 14.4. The smallest absolute Gasteiger partial charge is 0.433 e. The van der Waals surface area contributed by atoms with E-state index in [0.29, 0.717) is 0 Å². The molecule has 0 radical (unpaired) electrons. The first-order chi connectivity index (χ1) is 12.1. The molecule has 1 atom stereocenters. The SMILES string of the molecule is Cc1cc(F)c(-n2cnc3c(cnn3C)c2=O)cc1[S+]([O-])CC(F)(F)F. The summed E-state index contributed by atoms with van der Waals surface area (Å²) in [6, 6.07) is 1.93. The Morgan fingerprint density at radius 1 is 1.31 bits per heavy atom. The molecule has 0 bridgehead atoms. The quantitative estimate of drug-likeness (QED) is 0.509. The molecule has 3 rings (SSSR count). The van der Waals surface area contributed by atoms with Crippen LogP contribution in [0.4, 0.5) is 17.6 Å². The lowest BCUT2D eigenvalue weighted by Crippen LogP contribution is -2.24. The van der Waals surface area contributed by atoms with E-state index in [1.807, 2.05) is 0 Å². The van der Waals surface area contributed by atoms with Crippen molar-refractivity contribution in [2.24, 2.45) is 7.05 Å².